The molecule has 0 bridgehead atoms. The predicted molar refractivity (Wildman–Crippen MR) is 110 cm³/mol. The van der Waals surface area contributed by atoms with Crippen LogP contribution >= 0.6 is 22.9 Å². The van der Waals surface area contributed by atoms with Gasteiger partial charge < -0.3 is 14.5 Å². The summed E-state index contributed by atoms with van der Waals surface area (Å²) >= 11 is 7.06. The molecule has 2 saturated heterocycles. The Kier molecular flexibility index (Phi) is 5.14. The van der Waals surface area contributed by atoms with Crippen molar-refractivity contribution in [3.05, 3.63) is 23.2 Å². The fourth-order valence-electron chi connectivity index (χ4n) is 3.72. The SMILES string of the molecule is CC(C)(C)OC(=O)N1CCC2(CC1)CN(c1nnc(-c3cnc(Cl)cc3F)s1)C2. The summed E-state index contributed by atoms with van der Waals surface area (Å²) in [5.74, 6) is -0.456. The Morgan fingerprint density at radius 1 is 1.28 bits per heavy atom. The predicted octanol–water partition coefficient (Wildman–Crippen LogP) is 4.23. The summed E-state index contributed by atoms with van der Waals surface area (Å²) in [4.78, 5) is 20.1. The number of hydrogen-bond donors (Lipinski definition) is 0. The van der Waals surface area contributed by atoms with Gasteiger partial charge in [-0.3, -0.25) is 0 Å². The topological polar surface area (TPSA) is 71.5 Å². The molecule has 0 aromatic carbocycles. The minimum atomic E-state index is -0.478. The summed E-state index contributed by atoms with van der Waals surface area (Å²) in [6.45, 7) is 8.77. The van der Waals surface area contributed by atoms with Gasteiger partial charge in [0.1, 0.15) is 16.6 Å². The molecule has 29 heavy (non-hydrogen) atoms. The third-order valence-corrected chi connectivity index (χ3v) is 6.49. The number of anilines is 1. The van der Waals surface area contributed by atoms with Crippen LogP contribution in [0.3, 0.4) is 0 Å². The molecule has 4 heterocycles. The standard InChI is InChI=1S/C19H23ClFN5O2S/c1-18(2,3)28-17(27)25-6-4-19(5-7-25)10-26(11-19)16-24-23-15(29-16)12-9-22-14(20)8-13(12)21/h8-9H,4-7,10-11H2,1-3H3. The van der Waals surface area contributed by atoms with Crippen molar-refractivity contribution in [1.82, 2.24) is 20.1 Å². The van der Waals surface area contributed by atoms with Crippen LogP contribution in [0.4, 0.5) is 14.3 Å². The molecule has 2 aliphatic rings. The second-order valence-corrected chi connectivity index (χ2v) is 10.0. The van der Waals surface area contributed by atoms with Crippen molar-refractivity contribution in [3.8, 4) is 10.6 Å². The van der Waals surface area contributed by atoms with Crippen molar-refractivity contribution in [3.63, 3.8) is 0 Å². The van der Waals surface area contributed by atoms with E-state index in [2.05, 4.69) is 20.1 Å². The summed E-state index contributed by atoms with van der Waals surface area (Å²) < 4.78 is 19.6. The van der Waals surface area contributed by atoms with Gasteiger partial charge in [0.15, 0.2) is 5.01 Å². The Labute approximate surface area is 177 Å². The van der Waals surface area contributed by atoms with Crippen molar-refractivity contribution >= 4 is 34.2 Å². The van der Waals surface area contributed by atoms with Gasteiger partial charge in [-0.05, 0) is 33.6 Å². The van der Waals surface area contributed by atoms with E-state index in [1.807, 2.05) is 20.8 Å². The molecule has 4 rings (SSSR count). The summed E-state index contributed by atoms with van der Waals surface area (Å²) in [5, 5.41) is 9.71. The van der Waals surface area contributed by atoms with E-state index in [1.54, 1.807) is 4.90 Å². The molecule has 1 spiro atoms. The maximum atomic E-state index is 14.1. The molecule has 2 aromatic heterocycles. The van der Waals surface area contributed by atoms with Gasteiger partial charge in [0.25, 0.3) is 0 Å². The maximum absolute atomic E-state index is 14.1. The molecule has 2 fully saturated rings. The first-order valence-electron chi connectivity index (χ1n) is 9.52. The highest BCUT2D eigenvalue weighted by Crippen LogP contribution is 2.44. The van der Waals surface area contributed by atoms with E-state index in [0.717, 1.165) is 31.1 Å². The third-order valence-electron chi connectivity index (χ3n) is 5.26. The molecule has 1 amide bonds. The van der Waals surface area contributed by atoms with Gasteiger partial charge in [0.05, 0.1) is 5.56 Å². The Balaban J connectivity index is 1.34. The van der Waals surface area contributed by atoms with Gasteiger partial charge in [-0.25, -0.2) is 14.2 Å². The first-order chi connectivity index (χ1) is 13.6. The van der Waals surface area contributed by atoms with Crippen LogP contribution in [0.15, 0.2) is 12.3 Å². The number of halogens is 2. The zero-order chi connectivity index (χ0) is 20.8. The molecule has 10 heteroatoms. The second kappa shape index (κ2) is 7.36. The number of nitrogens with zero attached hydrogens (tertiary/aromatic N) is 5. The van der Waals surface area contributed by atoms with Gasteiger partial charge in [-0.1, -0.05) is 22.9 Å². The van der Waals surface area contributed by atoms with Gasteiger partial charge >= 0.3 is 6.09 Å². The van der Waals surface area contributed by atoms with Crippen LogP contribution in [0.2, 0.25) is 5.15 Å². The van der Waals surface area contributed by atoms with E-state index in [4.69, 9.17) is 16.3 Å². The van der Waals surface area contributed by atoms with Crippen LogP contribution in [-0.2, 0) is 4.74 Å². The van der Waals surface area contributed by atoms with Crippen LogP contribution < -0.4 is 4.90 Å². The number of aromatic nitrogens is 3. The lowest BCUT2D eigenvalue weighted by Gasteiger charge is -2.53. The molecule has 0 N–H and O–H groups in total. The van der Waals surface area contributed by atoms with Crippen molar-refractivity contribution in [1.29, 1.82) is 0 Å². The number of pyridine rings is 1. The fraction of sp³-hybridized carbons (Fsp3) is 0.579. The van der Waals surface area contributed by atoms with Crippen molar-refractivity contribution in [2.75, 3.05) is 31.1 Å². The summed E-state index contributed by atoms with van der Waals surface area (Å²) in [6.07, 6.45) is 3.01. The van der Waals surface area contributed by atoms with Gasteiger partial charge in [0.2, 0.25) is 5.13 Å². The Morgan fingerprint density at radius 3 is 2.59 bits per heavy atom. The van der Waals surface area contributed by atoms with E-state index in [0.29, 0.717) is 23.7 Å². The molecule has 2 aliphatic heterocycles. The highest BCUT2D eigenvalue weighted by molar-refractivity contribution is 7.18. The number of piperidine rings is 1. The molecule has 0 unspecified atom stereocenters. The molecule has 0 saturated carbocycles. The van der Waals surface area contributed by atoms with Gasteiger partial charge in [-0.15, -0.1) is 10.2 Å². The molecule has 2 aromatic rings. The second-order valence-electron chi connectivity index (χ2n) is 8.70. The van der Waals surface area contributed by atoms with Crippen molar-refractivity contribution in [2.45, 2.75) is 39.2 Å². The first-order valence-corrected chi connectivity index (χ1v) is 10.7. The molecule has 0 aliphatic carbocycles. The number of carbonyl (C=O) groups is 1. The van der Waals surface area contributed by atoms with Gasteiger partial charge in [0, 0.05) is 43.9 Å². The smallest absolute Gasteiger partial charge is 0.410 e. The van der Waals surface area contributed by atoms with Gasteiger partial charge in [-0.2, -0.15) is 0 Å². The van der Waals surface area contributed by atoms with Crippen LogP contribution in [0.5, 0.6) is 0 Å². The highest BCUT2D eigenvalue weighted by atomic mass is 35.5. The molecule has 7 nitrogen and oxygen atoms in total. The quantitative estimate of drug-likeness (QED) is 0.652. The number of rotatable bonds is 2. The van der Waals surface area contributed by atoms with E-state index in [9.17, 15) is 9.18 Å². The van der Waals surface area contributed by atoms with Crippen LogP contribution in [-0.4, -0.2) is 58.0 Å². The lowest BCUT2D eigenvalue weighted by atomic mass is 9.72. The van der Waals surface area contributed by atoms with E-state index in [1.165, 1.54) is 23.6 Å². The number of hydrogen-bond acceptors (Lipinski definition) is 7. The minimum Gasteiger partial charge on any atom is -0.444 e. The lowest BCUT2D eigenvalue weighted by Crippen LogP contribution is -2.61. The number of carbonyl (C=O) groups excluding carboxylic acids is 1. The lowest BCUT2D eigenvalue weighted by molar-refractivity contribution is 0.00597. The molecular formula is C19H23ClFN5O2S. The average molecular weight is 440 g/mol. The monoisotopic (exact) mass is 439 g/mol. The zero-order valence-corrected chi connectivity index (χ0v) is 18.2. The fourth-order valence-corrected chi connectivity index (χ4v) is 4.72. The van der Waals surface area contributed by atoms with E-state index < -0.39 is 11.4 Å². The Bertz CT molecular complexity index is 916. The Morgan fingerprint density at radius 2 is 1.97 bits per heavy atom. The molecule has 156 valence electrons. The molecular weight excluding hydrogens is 417 g/mol. The average Bonchev–Trinajstić information content (AvgIpc) is 3.07. The molecule has 0 radical (unpaired) electrons. The molecule has 0 atom stereocenters. The van der Waals surface area contributed by atoms with E-state index in [-0.39, 0.29) is 16.7 Å². The number of amides is 1. The van der Waals surface area contributed by atoms with Crippen LogP contribution in [0.1, 0.15) is 33.6 Å². The first kappa shape index (κ1) is 20.3. The van der Waals surface area contributed by atoms with E-state index >= 15 is 0 Å². The Hall–Kier alpha value is -2.00. The van der Waals surface area contributed by atoms with Crippen LogP contribution in [0, 0.1) is 11.2 Å². The largest absolute Gasteiger partial charge is 0.444 e. The van der Waals surface area contributed by atoms with Crippen LogP contribution in [0.25, 0.3) is 10.6 Å². The third kappa shape index (κ3) is 4.30. The summed E-state index contributed by atoms with van der Waals surface area (Å²) in [6, 6.07) is 1.18. The maximum Gasteiger partial charge on any atom is 0.410 e. The minimum absolute atomic E-state index is 0.110. The zero-order valence-electron chi connectivity index (χ0n) is 16.6. The van der Waals surface area contributed by atoms with Crippen molar-refractivity contribution < 1.29 is 13.9 Å². The summed E-state index contributed by atoms with van der Waals surface area (Å²) in [5.41, 5.74) is 0.0185. The highest BCUT2D eigenvalue weighted by Gasteiger charge is 2.47. The number of ether oxygens (including phenoxy) is 1. The normalized spacial score (nSPS) is 18.7. The summed E-state index contributed by atoms with van der Waals surface area (Å²) in [7, 11) is 0. The van der Waals surface area contributed by atoms with Crippen molar-refractivity contribution in [2.24, 2.45) is 5.41 Å². The number of likely N-dealkylation sites (tertiary alicyclic amines) is 1.